The summed E-state index contributed by atoms with van der Waals surface area (Å²) in [6, 6.07) is 17.5. The van der Waals surface area contributed by atoms with Crippen molar-refractivity contribution >= 4 is 23.1 Å². The molecule has 0 radical (unpaired) electrons. The summed E-state index contributed by atoms with van der Waals surface area (Å²) in [6.45, 7) is 1.29. The Bertz CT molecular complexity index is 888. The first kappa shape index (κ1) is 18.3. The summed E-state index contributed by atoms with van der Waals surface area (Å²) in [4.78, 5) is 26.2. The van der Waals surface area contributed by atoms with Crippen LogP contribution in [0.2, 0.25) is 0 Å². The van der Waals surface area contributed by atoms with Crippen molar-refractivity contribution in [3.63, 3.8) is 0 Å². The number of ether oxygens (including phenoxy) is 1. The average molecular weight is 376 g/mol. The number of carbonyl (C=O) groups excluding carboxylic acids is 2. The highest BCUT2D eigenvalue weighted by Crippen LogP contribution is 2.30. The second kappa shape index (κ2) is 8.30. The number of nitrogens with one attached hydrogen (secondary N) is 1. The van der Waals surface area contributed by atoms with Crippen LogP contribution in [0.4, 0.5) is 5.69 Å². The minimum absolute atomic E-state index is 0.00542. The molecule has 2 aromatic rings. The molecule has 5 heteroatoms. The molecule has 2 aliphatic rings. The van der Waals surface area contributed by atoms with Gasteiger partial charge in [-0.1, -0.05) is 42.5 Å². The van der Waals surface area contributed by atoms with Crippen LogP contribution >= 0.6 is 0 Å². The summed E-state index contributed by atoms with van der Waals surface area (Å²) in [7, 11) is 0. The van der Waals surface area contributed by atoms with Gasteiger partial charge in [0.05, 0.1) is 0 Å². The van der Waals surface area contributed by atoms with Crippen LogP contribution in [0.1, 0.15) is 24.8 Å². The van der Waals surface area contributed by atoms with Gasteiger partial charge in [0.25, 0.3) is 5.91 Å². The van der Waals surface area contributed by atoms with Gasteiger partial charge < -0.3 is 15.0 Å². The molecule has 1 saturated carbocycles. The molecule has 0 atom stereocenters. The molecule has 0 spiro atoms. The van der Waals surface area contributed by atoms with E-state index in [-0.39, 0.29) is 24.3 Å². The van der Waals surface area contributed by atoms with E-state index >= 15 is 0 Å². The highest BCUT2D eigenvalue weighted by molar-refractivity contribution is 5.94. The van der Waals surface area contributed by atoms with Gasteiger partial charge in [-0.3, -0.25) is 9.59 Å². The Hall–Kier alpha value is -3.08. The van der Waals surface area contributed by atoms with Crippen molar-refractivity contribution in [3.05, 3.63) is 66.2 Å². The maximum atomic E-state index is 12.5. The summed E-state index contributed by atoms with van der Waals surface area (Å²) in [6.07, 6.45) is 4.89. The van der Waals surface area contributed by atoms with Gasteiger partial charge in [-0.05, 0) is 42.5 Å². The minimum Gasteiger partial charge on any atom is -0.484 e. The molecule has 0 saturated heterocycles. The van der Waals surface area contributed by atoms with Gasteiger partial charge in [-0.25, -0.2) is 0 Å². The summed E-state index contributed by atoms with van der Waals surface area (Å²) in [5.74, 6) is 0.761. The van der Waals surface area contributed by atoms with Crippen LogP contribution in [0.3, 0.4) is 0 Å². The van der Waals surface area contributed by atoms with Gasteiger partial charge in [-0.2, -0.15) is 0 Å². The van der Waals surface area contributed by atoms with Gasteiger partial charge in [0.1, 0.15) is 5.75 Å². The third-order valence-electron chi connectivity index (χ3n) is 5.12. The second-order valence-corrected chi connectivity index (χ2v) is 7.27. The van der Waals surface area contributed by atoms with E-state index in [4.69, 9.17) is 4.74 Å². The SMILES string of the molecule is O=C(Nc1cccc(OCC(=O)N2CC=C(c3ccccc3)CC2)c1)C1CC1. The Labute approximate surface area is 165 Å². The molecular formula is C23H24N2O3. The number of carbonyl (C=O) groups is 2. The number of benzene rings is 2. The van der Waals surface area contributed by atoms with E-state index in [0.717, 1.165) is 19.3 Å². The first-order valence-corrected chi connectivity index (χ1v) is 9.75. The number of anilines is 1. The van der Waals surface area contributed by atoms with Crippen LogP contribution in [0, 0.1) is 5.92 Å². The lowest BCUT2D eigenvalue weighted by Crippen LogP contribution is -2.37. The first-order chi connectivity index (χ1) is 13.7. The van der Waals surface area contributed by atoms with Crippen molar-refractivity contribution in [2.45, 2.75) is 19.3 Å². The van der Waals surface area contributed by atoms with Gasteiger partial charge in [0.2, 0.25) is 5.91 Å². The monoisotopic (exact) mass is 376 g/mol. The van der Waals surface area contributed by atoms with Crippen LogP contribution in [-0.4, -0.2) is 36.4 Å². The van der Waals surface area contributed by atoms with Crippen molar-refractivity contribution in [2.24, 2.45) is 5.92 Å². The highest BCUT2D eigenvalue weighted by Gasteiger charge is 2.29. The fraction of sp³-hybridized carbons (Fsp3) is 0.304. The fourth-order valence-electron chi connectivity index (χ4n) is 3.30. The van der Waals surface area contributed by atoms with Gasteiger partial charge in [-0.15, -0.1) is 0 Å². The summed E-state index contributed by atoms with van der Waals surface area (Å²) >= 11 is 0. The number of rotatable bonds is 6. The van der Waals surface area contributed by atoms with Gasteiger partial charge >= 0.3 is 0 Å². The number of amides is 2. The highest BCUT2D eigenvalue weighted by atomic mass is 16.5. The van der Waals surface area contributed by atoms with Crippen molar-refractivity contribution in [1.29, 1.82) is 0 Å². The zero-order chi connectivity index (χ0) is 19.3. The maximum absolute atomic E-state index is 12.5. The summed E-state index contributed by atoms with van der Waals surface area (Å²) < 4.78 is 5.67. The van der Waals surface area contributed by atoms with Crippen LogP contribution in [0.25, 0.3) is 5.57 Å². The molecule has 1 fully saturated rings. The molecule has 0 aromatic heterocycles. The predicted octanol–water partition coefficient (Wildman–Crippen LogP) is 3.73. The van der Waals surface area contributed by atoms with Crippen LogP contribution < -0.4 is 10.1 Å². The predicted molar refractivity (Wildman–Crippen MR) is 109 cm³/mol. The molecule has 1 heterocycles. The normalized spacial score (nSPS) is 16.3. The number of hydrogen-bond acceptors (Lipinski definition) is 3. The molecule has 5 nitrogen and oxygen atoms in total. The van der Waals surface area contributed by atoms with E-state index < -0.39 is 0 Å². The molecule has 1 aliphatic carbocycles. The summed E-state index contributed by atoms with van der Waals surface area (Å²) in [5.41, 5.74) is 3.20. The van der Waals surface area contributed by atoms with Crippen molar-refractivity contribution in [3.8, 4) is 5.75 Å². The van der Waals surface area contributed by atoms with Crippen LogP contribution in [0.15, 0.2) is 60.7 Å². The van der Waals surface area contributed by atoms with E-state index in [2.05, 4.69) is 23.5 Å². The molecular weight excluding hydrogens is 352 g/mol. The zero-order valence-electron chi connectivity index (χ0n) is 15.8. The van der Waals surface area contributed by atoms with E-state index in [1.54, 1.807) is 12.1 Å². The van der Waals surface area contributed by atoms with Crippen molar-refractivity contribution in [2.75, 3.05) is 25.0 Å². The number of hydrogen-bond donors (Lipinski definition) is 1. The molecule has 144 valence electrons. The lowest BCUT2D eigenvalue weighted by Gasteiger charge is -2.26. The zero-order valence-corrected chi connectivity index (χ0v) is 15.8. The Morgan fingerprint density at radius 1 is 1.07 bits per heavy atom. The molecule has 28 heavy (non-hydrogen) atoms. The Morgan fingerprint density at radius 2 is 1.89 bits per heavy atom. The third kappa shape index (κ3) is 4.60. The number of nitrogens with zero attached hydrogens (tertiary/aromatic N) is 1. The lowest BCUT2D eigenvalue weighted by atomic mass is 10.00. The minimum atomic E-state index is -0.0317. The first-order valence-electron chi connectivity index (χ1n) is 9.75. The average Bonchev–Trinajstić information content (AvgIpc) is 3.59. The van der Waals surface area contributed by atoms with E-state index in [1.807, 2.05) is 35.2 Å². The molecule has 4 rings (SSSR count). The molecule has 2 aromatic carbocycles. The van der Waals surface area contributed by atoms with Crippen molar-refractivity contribution < 1.29 is 14.3 Å². The van der Waals surface area contributed by atoms with E-state index in [1.165, 1.54) is 11.1 Å². The maximum Gasteiger partial charge on any atom is 0.260 e. The molecule has 1 aliphatic heterocycles. The smallest absolute Gasteiger partial charge is 0.260 e. The van der Waals surface area contributed by atoms with Crippen molar-refractivity contribution in [1.82, 2.24) is 4.90 Å². The quantitative estimate of drug-likeness (QED) is 0.836. The Kier molecular flexibility index (Phi) is 5.42. The lowest BCUT2D eigenvalue weighted by molar-refractivity contribution is -0.132. The molecule has 2 amide bonds. The topological polar surface area (TPSA) is 58.6 Å². The molecule has 0 unspecified atom stereocenters. The molecule has 1 N–H and O–H groups in total. The fourth-order valence-corrected chi connectivity index (χ4v) is 3.30. The van der Waals surface area contributed by atoms with E-state index in [0.29, 0.717) is 24.5 Å². The van der Waals surface area contributed by atoms with E-state index in [9.17, 15) is 9.59 Å². The standard InChI is InChI=1S/C23H24N2O3/c26-22(25-13-11-18(12-14-25)17-5-2-1-3-6-17)16-28-21-8-4-7-20(15-21)24-23(27)19-9-10-19/h1-8,11,15,19H,9-10,12-14,16H2,(H,24,27). The van der Waals surface area contributed by atoms with Gasteiger partial charge in [0.15, 0.2) is 6.61 Å². The second-order valence-electron chi connectivity index (χ2n) is 7.27. The summed E-state index contributed by atoms with van der Waals surface area (Å²) in [5, 5.41) is 2.89. The Balaban J connectivity index is 1.29. The van der Waals surface area contributed by atoms with Gasteiger partial charge in [0, 0.05) is 30.8 Å². The Morgan fingerprint density at radius 3 is 2.61 bits per heavy atom. The molecule has 0 bridgehead atoms. The largest absolute Gasteiger partial charge is 0.484 e. The van der Waals surface area contributed by atoms with Crippen LogP contribution in [-0.2, 0) is 9.59 Å². The van der Waals surface area contributed by atoms with Crippen LogP contribution in [0.5, 0.6) is 5.75 Å². The third-order valence-corrected chi connectivity index (χ3v) is 5.12.